The predicted octanol–water partition coefficient (Wildman–Crippen LogP) is 2.18. The summed E-state index contributed by atoms with van der Waals surface area (Å²) in [7, 11) is 1.58. The van der Waals surface area contributed by atoms with Gasteiger partial charge in [0.1, 0.15) is 11.3 Å². The lowest BCUT2D eigenvalue weighted by molar-refractivity contribution is -0.136. The smallest absolute Gasteiger partial charge is 0.307 e. The molecule has 0 aliphatic rings. The van der Waals surface area contributed by atoms with E-state index in [-0.39, 0.29) is 6.42 Å². The van der Waals surface area contributed by atoms with E-state index in [4.69, 9.17) is 9.84 Å². The van der Waals surface area contributed by atoms with E-state index in [1.165, 1.54) is 0 Å². The molecule has 17 heavy (non-hydrogen) atoms. The van der Waals surface area contributed by atoms with Crippen molar-refractivity contribution in [2.24, 2.45) is 0 Å². The zero-order valence-corrected chi connectivity index (χ0v) is 9.73. The Labute approximate surface area is 98.9 Å². The van der Waals surface area contributed by atoms with E-state index in [0.717, 1.165) is 16.6 Å². The lowest BCUT2D eigenvalue weighted by Crippen LogP contribution is -2.02. The van der Waals surface area contributed by atoms with Gasteiger partial charge in [0.05, 0.1) is 13.5 Å². The highest BCUT2D eigenvalue weighted by atomic mass is 16.5. The maximum Gasteiger partial charge on any atom is 0.307 e. The molecule has 0 unspecified atom stereocenters. The quantitative estimate of drug-likeness (QED) is 0.879. The third-order valence-corrected chi connectivity index (χ3v) is 2.58. The molecule has 0 bridgehead atoms. The van der Waals surface area contributed by atoms with Gasteiger partial charge in [0.15, 0.2) is 0 Å². The summed E-state index contributed by atoms with van der Waals surface area (Å²) in [6, 6.07) is 7.32. The Morgan fingerprint density at radius 2 is 2.24 bits per heavy atom. The van der Waals surface area contributed by atoms with Crippen molar-refractivity contribution >= 4 is 16.9 Å². The van der Waals surface area contributed by atoms with Gasteiger partial charge in [-0.3, -0.25) is 4.79 Å². The van der Waals surface area contributed by atoms with Gasteiger partial charge in [0.2, 0.25) is 0 Å². The van der Waals surface area contributed by atoms with Crippen LogP contribution in [0.3, 0.4) is 0 Å². The summed E-state index contributed by atoms with van der Waals surface area (Å²) >= 11 is 0. The van der Waals surface area contributed by atoms with Gasteiger partial charge in [-0.05, 0) is 24.6 Å². The first-order chi connectivity index (χ1) is 8.11. The van der Waals surface area contributed by atoms with E-state index in [1.54, 1.807) is 13.2 Å². The summed E-state index contributed by atoms with van der Waals surface area (Å²) in [6.45, 7) is 1.84. The second-order valence-corrected chi connectivity index (χ2v) is 3.85. The second-order valence-electron chi connectivity index (χ2n) is 3.85. The summed E-state index contributed by atoms with van der Waals surface area (Å²) in [6.07, 6.45) is -0.00692. The van der Waals surface area contributed by atoms with Crippen molar-refractivity contribution in [2.45, 2.75) is 13.3 Å². The van der Waals surface area contributed by atoms with Gasteiger partial charge >= 0.3 is 5.97 Å². The molecule has 1 N–H and O–H groups in total. The van der Waals surface area contributed by atoms with E-state index in [1.807, 2.05) is 25.1 Å². The molecular weight excluding hydrogens is 218 g/mol. The largest absolute Gasteiger partial charge is 0.494 e. The van der Waals surface area contributed by atoms with Crippen molar-refractivity contribution in [3.8, 4) is 5.75 Å². The molecule has 1 aromatic carbocycles. The zero-order chi connectivity index (χ0) is 12.4. The Bertz CT molecular complexity index is 578. The number of rotatable bonds is 3. The summed E-state index contributed by atoms with van der Waals surface area (Å²) < 4.78 is 5.23. The molecule has 1 heterocycles. The molecule has 0 fully saturated rings. The van der Waals surface area contributed by atoms with Crippen molar-refractivity contribution < 1.29 is 14.6 Å². The number of para-hydroxylation sites is 1. The van der Waals surface area contributed by atoms with Crippen LogP contribution in [0.15, 0.2) is 24.3 Å². The fourth-order valence-electron chi connectivity index (χ4n) is 1.91. The average molecular weight is 231 g/mol. The third kappa shape index (κ3) is 2.20. The van der Waals surface area contributed by atoms with Gasteiger partial charge in [-0.15, -0.1) is 0 Å². The highest BCUT2D eigenvalue weighted by molar-refractivity contribution is 5.90. The molecule has 0 atom stereocenters. The number of aromatic nitrogens is 1. The van der Waals surface area contributed by atoms with Crippen LogP contribution >= 0.6 is 0 Å². The number of pyridine rings is 1. The minimum absolute atomic E-state index is 0.00692. The first-order valence-corrected chi connectivity index (χ1v) is 5.27. The Hall–Kier alpha value is -2.10. The van der Waals surface area contributed by atoms with E-state index < -0.39 is 5.97 Å². The fraction of sp³-hybridized carbons (Fsp3) is 0.231. The van der Waals surface area contributed by atoms with E-state index in [0.29, 0.717) is 11.3 Å². The standard InChI is InChI=1S/C13H13NO3/c1-8-6-9(7-12(15)16)10-4-3-5-11(17-2)13(10)14-8/h3-6H,7H2,1-2H3,(H,15,16). The van der Waals surface area contributed by atoms with Crippen LogP contribution in [0.5, 0.6) is 5.75 Å². The topological polar surface area (TPSA) is 59.4 Å². The highest BCUT2D eigenvalue weighted by Crippen LogP contribution is 2.27. The number of fused-ring (bicyclic) bond motifs is 1. The van der Waals surface area contributed by atoms with Gasteiger partial charge in [-0.1, -0.05) is 12.1 Å². The van der Waals surface area contributed by atoms with E-state index >= 15 is 0 Å². The normalized spacial score (nSPS) is 10.5. The monoisotopic (exact) mass is 231 g/mol. The molecule has 2 rings (SSSR count). The lowest BCUT2D eigenvalue weighted by atomic mass is 10.0. The average Bonchev–Trinajstić information content (AvgIpc) is 2.27. The van der Waals surface area contributed by atoms with Gasteiger partial charge in [-0.2, -0.15) is 0 Å². The molecular formula is C13H13NO3. The van der Waals surface area contributed by atoms with Crippen LogP contribution in [0.2, 0.25) is 0 Å². The van der Waals surface area contributed by atoms with Crippen molar-refractivity contribution in [3.63, 3.8) is 0 Å². The fourth-order valence-corrected chi connectivity index (χ4v) is 1.91. The van der Waals surface area contributed by atoms with Crippen molar-refractivity contribution in [1.82, 2.24) is 4.98 Å². The van der Waals surface area contributed by atoms with E-state index in [9.17, 15) is 4.79 Å². The molecule has 0 aliphatic heterocycles. The maximum atomic E-state index is 10.8. The Morgan fingerprint density at radius 3 is 2.88 bits per heavy atom. The molecule has 88 valence electrons. The molecule has 2 aromatic rings. The van der Waals surface area contributed by atoms with Crippen LogP contribution < -0.4 is 4.74 Å². The zero-order valence-electron chi connectivity index (χ0n) is 9.73. The minimum Gasteiger partial charge on any atom is -0.494 e. The van der Waals surface area contributed by atoms with Gasteiger partial charge < -0.3 is 9.84 Å². The number of aliphatic carboxylic acids is 1. The molecule has 4 heteroatoms. The number of hydrogen-bond acceptors (Lipinski definition) is 3. The molecule has 0 radical (unpaired) electrons. The molecule has 0 saturated carbocycles. The summed E-state index contributed by atoms with van der Waals surface area (Å²) in [5, 5.41) is 9.72. The molecule has 0 saturated heterocycles. The molecule has 4 nitrogen and oxygen atoms in total. The third-order valence-electron chi connectivity index (χ3n) is 2.58. The summed E-state index contributed by atoms with van der Waals surface area (Å²) in [4.78, 5) is 15.2. The number of carbonyl (C=O) groups is 1. The molecule has 1 aromatic heterocycles. The molecule has 0 amide bonds. The molecule has 0 spiro atoms. The Morgan fingerprint density at radius 1 is 1.47 bits per heavy atom. The number of hydrogen-bond donors (Lipinski definition) is 1. The van der Waals surface area contributed by atoms with Crippen molar-refractivity contribution in [3.05, 3.63) is 35.5 Å². The van der Waals surface area contributed by atoms with Gasteiger partial charge in [0.25, 0.3) is 0 Å². The van der Waals surface area contributed by atoms with Crippen molar-refractivity contribution in [1.29, 1.82) is 0 Å². The van der Waals surface area contributed by atoms with Crippen LogP contribution in [0.4, 0.5) is 0 Å². The number of benzene rings is 1. The van der Waals surface area contributed by atoms with E-state index in [2.05, 4.69) is 4.98 Å². The number of ether oxygens (including phenoxy) is 1. The Kier molecular flexibility index (Phi) is 2.95. The molecule has 0 aliphatic carbocycles. The van der Waals surface area contributed by atoms with Crippen LogP contribution in [0.25, 0.3) is 10.9 Å². The van der Waals surface area contributed by atoms with Crippen LogP contribution in [-0.2, 0) is 11.2 Å². The van der Waals surface area contributed by atoms with Crippen LogP contribution in [0, 0.1) is 6.92 Å². The van der Waals surface area contributed by atoms with Crippen molar-refractivity contribution in [2.75, 3.05) is 7.11 Å². The Balaban J connectivity index is 2.71. The number of nitrogens with zero attached hydrogens (tertiary/aromatic N) is 1. The van der Waals surface area contributed by atoms with Crippen LogP contribution in [-0.4, -0.2) is 23.2 Å². The predicted molar refractivity (Wildman–Crippen MR) is 64.4 cm³/mol. The second kappa shape index (κ2) is 4.41. The number of aryl methyl sites for hydroxylation is 1. The first-order valence-electron chi connectivity index (χ1n) is 5.27. The minimum atomic E-state index is -0.847. The maximum absolute atomic E-state index is 10.8. The number of carboxylic acids is 1. The number of methoxy groups -OCH3 is 1. The SMILES string of the molecule is COc1cccc2c(CC(=O)O)cc(C)nc12. The van der Waals surface area contributed by atoms with Gasteiger partial charge in [-0.25, -0.2) is 4.98 Å². The summed E-state index contributed by atoms with van der Waals surface area (Å²) in [5.41, 5.74) is 2.27. The van der Waals surface area contributed by atoms with Crippen LogP contribution in [0.1, 0.15) is 11.3 Å². The highest BCUT2D eigenvalue weighted by Gasteiger charge is 2.10. The lowest BCUT2D eigenvalue weighted by Gasteiger charge is -2.09. The number of carboxylic acid groups (broad SMARTS) is 1. The first kappa shape index (κ1) is 11.4. The summed E-state index contributed by atoms with van der Waals surface area (Å²) in [5.74, 6) is -0.183. The van der Waals surface area contributed by atoms with Gasteiger partial charge in [0, 0.05) is 11.1 Å².